The topological polar surface area (TPSA) is 33.7 Å². The Morgan fingerprint density at radius 2 is 2.00 bits per heavy atom. The van der Waals surface area contributed by atoms with Gasteiger partial charge >= 0.3 is 0 Å². The Kier molecular flexibility index (Phi) is 5.79. The Balaban J connectivity index is 1.64. The number of benzene rings is 1. The predicted octanol–water partition coefficient (Wildman–Crippen LogP) is 2.71. The van der Waals surface area contributed by atoms with Crippen LogP contribution in [-0.2, 0) is 6.42 Å². The monoisotopic (exact) mass is 318 g/mol. The van der Waals surface area contributed by atoms with Gasteiger partial charge in [0.25, 0.3) is 0 Å². The van der Waals surface area contributed by atoms with Gasteiger partial charge in [0.1, 0.15) is 6.10 Å². The van der Waals surface area contributed by atoms with Crippen LogP contribution in [-0.4, -0.2) is 51.3 Å². The summed E-state index contributed by atoms with van der Waals surface area (Å²) in [7, 11) is 3.90. The van der Waals surface area contributed by atoms with Crippen LogP contribution < -0.4 is 14.8 Å². The summed E-state index contributed by atoms with van der Waals surface area (Å²) in [5, 5.41) is 3.43. The largest absolute Gasteiger partial charge is 0.493 e. The van der Waals surface area contributed by atoms with Crippen molar-refractivity contribution in [3.05, 3.63) is 23.8 Å². The molecule has 1 N–H and O–H groups in total. The molecule has 0 spiro atoms. The Morgan fingerprint density at radius 3 is 2.74 bits per heavy atom. The zero-order valence-electron chi connectivity index (χ0n) is 14.5. The van der Waals surface area contributed by atoms with Crippen molar-refractivity contribution in [1.29, 1.82) is 0 Å². The summed E-state index contributed by atoms with van der Waals surface area (Å²) in [6.45, 7) is 4.47. The number of piperidine rings is 2. The first-order valence-corrected chi connectivity index (χ1v) is 8.97. The van der Waals surface area contributed by atoms with E-state index < -0.39 is 0 Å². The van der Waals surface area contributed by atoms with Crippen LogP contribution in [0, 0.1) is 5.92 Å². The summed E-state index contributed by atoms with van der Waals surface area (Å²) in [5.74, 6) is 2.56. The van der Waals surface area contributed by atoms with E-state index in [1.807, 2.05) is 0 Å². The molecule has 0 aromatic heterocycles. The van der Waals surface area contributed by atoms with Crippen molar-refractivity contribution in [3.8, 4) is 11.5 Å². The fourth-order valence-electron chi connectivity index (χ4n) is 3.75. The number of hydrogen-bond acceptors (Lipinski definition) is 4. The lowest BCUT2D eigenvalue weighted by molar-refractivity contribution is 0.101. The van der Waals surface area contributed by atoms with E-state index >= 15 is 0 Å². The van der Waals surface area contributed by atoms with Gasteiger partial charge in [-0.1, -0.05) is 6.07 Å². The molecule has 23 heavy (non-hydrogen) atoms. The molecule has 4 nitrogen and oxygen atoms in total. The van der Waals surface area contributed by atoms with Crippen LogP contribution in [0.25, 0.3) is 0 Å². The molecule has 2 aliphatic heterocycles. The van der Waals surface area contributed by atoms with Gasteiger partial charge in [-0.2, -0.15) is 0 Å². The summed E-state index contributed by atoms with van der Waals surface area (Å²) >= 11 is 0. The molecule has 2 saturated heterocycles. The normalized spacial score (nSPS) is 23.7. The van der Waals surface area contributed by atoms with E-state index in [1.54, 1.807) is 7.11 Å². The lowest BCUT2D eigenvalue weighted by Gasteiger charge is -2.30. The quantitative estimate of drug-likeness (QED) is 0.905. The first-order chi connectivity index (χ1) is 11.2. The molecule has 2 aliphatic rings. The zero-order valence-corrected chi connectivity index (χ0v) is 14.5. The van der Waals surface area contributed by atoms with Crippen molar-refractivity contribution < 1.29 is 9.47 Å². The molecule has 1 unspecified atom stereocenters. The van der Waals surface area contributed by atoms with Gasteiger partial charge < -0.3 is 19.7 Å². The highest BCUT2D eigenvalue weighted by atomic mass is 16.5. The van der Waals surface area contributed by atoms with E-state index in [9.17, 15) is 0 Å². The third-order valence-corrected chi connectivity index (χ3v) is 5.09. The van der Waals surface area contributed by atoms with Crippen molar-refractivity contribution in [1.82, 2.24) is 10.2 Å². The average molecular weight is 318 g/mol. The van der Waals surface area contributed by atoms with Crippen LogP contribution in [0.3, 0.4) is 0 Å². The summed E-state index contributed by atoms with van der Waals surface area (Å²) in [5.41, 5.74) is 1.36. The van der Waals surface area contributed by atoms with Crippen molar-refractivity contribution in [2.24, 2.45) is 5.92 Å². The second kappa shape index (κ2) is 8.02. The molecule has 0 radical (unpaired) electrons. The van der Waals surface area contributed by atoms with Gasteiger partial charge in [0.05, 0.1) is 7.11 Å². The number of ether oxygens (including phenoxy) is 2. The number of nitrogens with one attached hydrogen (secondary N) is 1. The molecular formula is C19H30N2O2. The minimum atomic E-state index is 0.276. The fraction of sp³-hybridized carbons (Fsp3) is 0.684. The van der Waals surface area contributed by atoms with Gasteiger partial charge in [-0.15, -0.1) is 0 Å². The Bertz CT molecular complexity index is 500. The first-order valence-electron chi connectivity index (χ1n) is 8.97. The zero-order chi connectivity index (χ0) is 16.1. The molecule has 128 valence electrons. The number of likely N-dealkylation sites (tertiary alicyclic amines) is 1. The molecule has 0 amide bonds. The second-order valence-electron chi connectivity index (χ2n) is 7.03. The van der Waals surface area contributed by atoms with E-state index in [1.165, 1.54) is 31.4 Å². The number of methoxy groups -OCH3 is 1. The number of likely N-dealkylation sites (N-methyl/N-ethyl adjacent to an activating group) is 1. The smallest absolute Gasteiger partial charge is 0.161 e. The SMILES string of the molecule is COc1cc(CC2CCNCC2)ccc1OC1CCCN(C)C1. The van der Waals surface area contributed by atoms with Crippen LogP contribution in [0.5, 0.6) is 11.5 Å². The van der Waals surface area contributed by atoms with E-state index in [0.29, 0.717) is 0 Å². The maximum absolute atomic E-state index is 6.22. The van der Waals surface area contributed by atoms with Crippen LogP contribution in [0.1, 0.15) is 31.2 Å². The highest BCUT2D eigenvalue weighted by Crippen LogP contribution is 2.31. The number of rotatable bonds is 5. The van der Waals surface area contributed by atoms with E-state index in [2.05, 4.69) is 35.5 Å². The molecule has 0 aliphatic carbocycles. The predicted molar refractivity (Wildman–Crippen MR) is 93.4 cm³/mol. The molecule has 0 saturated carbocycles. The standard InChI is InChI=1S/C19H30N2O2/c1-21-11-3-4-17(14-21)23-18-6-5-16(13-19(18)22-2)12-15-7-9-20-10-8-15/h5-6,13,15,17,20H,3-4,7-12,14H2,1-2H3. The Labute approximate surface area is 140 Å². The van der Waals surface area contributed by atoms with Gasteiger partial charge in [-0.3, -0.25) is 0 Å². The summed E-state index contributed by atoms with van der Waals surface area (Å²) in [6.07, 6.45) is 6.30. The molecule has 0 bridgehead atoms. The minimum absolute atomic E-state index is 0.276. The van der Waals surface area contributed by atoms with Crippen molar-refractivity contribution in [3.63, 3.8) is 0 Å². The lowest BCUT2D eigenvalue weighted by Crippen LogP contribution is -2.38. The second-order valence-corrected chi connectivity index (χ2v) is 7.03. The minimum Gasteiger partial charge on any atom is -0.493 e. The van der Waals surface area contributed by atoms with Crippen molar-refractivity contribution >= 4 is 0 Å². The summed E-state index contributed by atoms with van der Waals surface area (Å²) in [6, 6.07) is 6.49. The van der Waals surface area contributed by atoms with E-state index in [-0.39, 0.29) is 6.10 Å². The molecule has 4 heteroatoms. The highest BCUT2D eigenvalue weighted by molar-refractivity contribution is 5.43. The molecule has 1 atom stereocenters. The van der Waals surface area contributed by atoms with Crippen LogP contribution >= 0.6 is 0 Å². The van der Waals surface area contributed by atoms with Gasteiger partial charge in [-0.25, -0.2) is 0 Å². The molecule has 1 aromatic rings. The average Bonchev–Trinajstić information content (AvgIpc) is 2.57. The van der Waals surface area contributed by atoms with Gasteiger partial charge in [0.2, 0.25) is 0 Å². The number of nitrogens with zero attached hydrogens (tertiary/aromatic N) is 1. The third-order valence-electron chi connectivity index (χ3n) is 5.09. The third kappa shape index (κ3) is 4.61. The maximum atomic E-state index is 6.22. The summed E-state index contributed by atoms with van der Waals surface area (Å²) < 4.78 is 11.8. The van der Waals surface area contributed by atoms with Gasteiger partial charge in [0.15, 0.2) is 11.5 Å². The van der Waals surface area contributed by atoms with Crippen molar-refractivity contribution in [2.45, 2.75) is 38.2 Å². The highest BCUT2D eigenvalue weighted by Gasteiger charge is 2.20. The first kappa shape index (κ1) is 16.6. The van der Waals surface area contributed by atoms with Crippen molar-refractivity contribution in [2.75, 3.05) is 40.3 Å². The van der Waals surface area contributed by atoms with Gasteiger partial charge in [-0.05, 0) is 82.4 Å². The molecule has 1 aromatic carbocycles. The molecule has 2 fully saturated rings. The Morgan fingerprint density at radius 1 is 1.17 bits per heavy atom. The van der Waals surface area contributed by atoms with E-state index in [4.69, 9.17) is 9.47 Å². The van der Waals surface area contributed by atoms with Crippen LogP contribution in [0.4, 0.5) is 0 Å². The van der Waals surface area contributed by atoms with Crippen LogP contribution in [0.2, 0.25) is 0 Å². The van der Waals surface area contributed by atoms with Crippen LogP contribution in [0.15, 0.2) is 18.2 Å². The molecular weight excluding hydrogens is 288 g/mol. The fourth-order valence-corrected chi connectivity index (χ4v) is 3.75. The lowest BCUT2D eigenvalue weighted by atomic mass is 9.91. The van der Waals surface area contributed by atoms with E-state index in [0.717, 1.165) is 49.9 Å². The molecule has 2 heterocycles. The van der Waals surface area contributed by atoms with Gasteiger partial charge in [0, 0.05) is 6.54 Å². The molecule has 3 rings (SSSR count). The maximum Gasteiger partial charge on any atom is 0.161 e. The number of hydrogen-bond donors (Lipinski definition) is 1. The summed E-state index contributed by atoms with van der Waals surface area (Å²) in [4.78, 5) is 2.34. The Hall–Kier alpha value is -1.26.